The SMILES string of the molecule is N#CN(NCc1ccccc1)c1ccc(F)cc1. The van der Waals surface area contributed by atoms with E-state index in [1.807, 2.05) is 36.5 Å². The summed E-state index contributed by atoms with van der Waals surface area (Å²) in [6.45, 7) is 0.534. The summed E-state index contributed by atoms with van der Waals surface area (Å²) in [7, 11) is 0. The zero-order valence-corrected chi connectivity index (χ0v) is 9.68. The van der Waals surface area contributed by atoms with Crippen LogP contribution in [0.2, 0.25) is 0 Å². The lowest BCUT2D eigenvalue weighted by atomic mass is 10.2. The Balaban J connectivity index is 2.02. The molecule has 2 aromatic carbocycles. The van der Waals surface area contributed by atoms with Gasteiger partial charge in [-0.3, -0.25) is 0 Å². The van der Waals surface area contributed by atoms with Crippen LogP contribution in [0.1, 0.15) is 5.56 Å². The Morgan fingerprint density at radius 2 is 1.72 bits per heavy atom. The van der Waals surface area contributed by atoms with Gasteiger partial charge in [0.2, 0.25) is 0 Å². The molecule has 3 nitrogen and oxygen atoms in total. The average Bonchev–Trinajstić information content (AvgIpc) is 2.42. The number of hydrazine groups is 1. The standard InChI is InChI=1S/C14H12FN3/c15-13-6-8-14(9-7-13)18(11-16)17-10-12-4-2-1-3-5-12/h1-9,17H,10H2. The summed E-state index contributed by atoms with van der Waals surface area (Å²) in [6.07, 6.45) is 2.01. The molecule has 0 aliphatic heterocycles. The molecule has 0 saturated carbocycles. The van der Waals surface area contributed by atoms with Crippen molar-refractivity contribution < 1.29 is 4.39 Å². The van der Waals surface area contributed by atoms with E-state index in [-0.39, 0.29) is 5.82 Å². The molecule has 0 bridgehead atoms. The van der Waals surface area contributed by atoms with Gasteiger partial charge in [-0.15, -0.1) is 0 Å². The van der Waals surface area contributed by atoms with Crippen LogP contribution in [0, 0.1) is 17.3 Å². The van der Waals surface area contributed by atoms with Crippen molar-refractivity contribution in [3.05, 3.63) is 66.0 Å². The molecule has 4 heteroatoms. The number of hydrogen-bond acceptors (Lipinski definition) is 3. The molecule has 0 radical (unpaired) electrons. The lowest BCUT2D eigenvalue weighted by Gasteiger charge is -2.16. The second kappa shape index (κ2) is 5.80. The van der Waals surface area contributed by atoms with Crippen molar-refractivity contribution in [3.8, 4) is 6.19 Å². The van der Waals surface area contributed by atoms with Gasteiger partial charge in [-0.1, -0.05) is 30.3 Å². The van der Waals surface area contributed by atoms with Crippen molar-refractivity contribution in [3.63, 3.8) is 0 Å². The molecule has 0 aromatic heterocycles. The maximum absolute atomic E-state index is 12.8. The number of nitrogens with zero attached hydrogens (tertiary/aromatic N) is 2. The van der Waals surface area contributed by atoms with Crippen molar-refractivity contribution >= 4 is 5.69 Å². The number of hydrogen-bond donors (Lipinski definition) is 1. The first kappa shape index (κ1) is 12.1. The highest BCUT2D eigenvalue weighted by molar-refractivity contribution is 5.48. The molecule has 2 rings (SSSR count). The van der Waals surface area contributed by atoms with Crippen LogP contribution in [0.5, 0.6) is 0 Å². The van der Waals surface area contributed by atoms with Gasteiger partial charge in [0.25, 0.3) is 0 Å². The third-order valence-corrected chi connectivity index (χ3v) is 2.47. The summed E-state index contributed by atoms with van der Waals surface area (Å²) in [5.74, 6) is -0.320. The van der Waals surface area contributed by atoms with Crippen molar-refractivity contribution in [2.24, 2.45) is 0 Å². The van der Waals surface area contributed by atoms with Crippen LogP contribution in [-0.2, 0) is 6.54 Å². The average molecular weight is 241 g/mol. The second-order valence-electron chi connectivity index (χ2n) is 3.73. The molecule has 0 unspecified atom stereocenters. The van der Waals surface area contributed by atoms with Gasteiger partial charge in [-0.25, -0.2) is 14.8 Å². The third kappa shape index (κ3) is 3.06. The maximum Gasteiger partial charge on any atom is 0.200 e. The first-order chi connectivity index (χ1) is 8.79. The van der Waals surface area contributed by atoms with Crippen molar-refractivity contribution in [2.75, 3.05) is 5.01 Å². The summed E-state index contributed by atoms with van der Waals surface area (Å²) in [6, 6.07) is 15.5. The van der Waals surface area contributed by atoms with Crippen LogP contribution >= 0.6 is 0 Å². The summed E-state index contributed by atoms with van der Waals surface area (Å²) in [5.41, 5.74) is 4.65. The van der Waals surface area contributed by atoms with Crippen LogP contribution in [0.25, 0.3) is 0 Å². The molecule has 90 valence electrons. The van der Waals surface area contributed by atoms with E-state index < -0.39 is 0 Å². The molecule has 1 N–H and O–H groups in total. The molecule has 18 heavy (non-hydrogen) atoms. The number of anilines is 1. The first-order valence-corrected chi connectivity index (χ1v) is 5.52. The van der Waals surface area contributed by atoms with Gasteiger partial charge in [0.1, 0.15) is 5.82 Å². The van der Waals surface area contributed by atoms with Crippen molar-refractivity contribution in [1.82, 2.24) is 5.43 Å². The topological polar surface area (TPSA) is 39.1 Å². The van der Waals surface area contributed by atoms with Crippen molar-refractivity contribution in [2.45, 2.75) is 6.54 Å². The molecule has 0 atom stereocenters. The molecule has 0 saturated heterocycles. The Bertz CT molecular complexity index is 531. The molecule has 0 heterocycles. The summed E-state index contributed by atoms with van der Waals surface area (Å²) < 4.78 is 12.8. The smallest absolute Gasteiger partial charge is 0.200 e. The van der Waals surface area contributed by atoms with Crippen LogP contribution < -0.4 is 10.4 Å². The minimum Gasteiger partial charge on any atom is -0.216 e. The fourth-order valence-corrected chi connectivity index (χ4v) is 1.54. The first-order valence-electron chi connectivity index (χ1n) is 5.52. The fraction of sp³-hybridized carbons (Fsp3) is 0.0714. The van der Waals surface area contributed by atoms with Crippen LogP contribution in [0.3, 0.4) is 0 Å². The summed E-state index contributed by atoms with van der Waals surface area (Å²) >= 11 is 0. The number of benzene rings is 2. The van der Waals surface area contributed by atoms with Gasteiger partial charge in [0.15, 0.2) is 6.19 Å². The number of halogens is 1. The molecule has 0 fully saturated rings. The second-order valence-corrected chi connectivity index (χ2v) is 3.73. The lowest BCUT2D eigenvalue weighted by molar-refractivity contribution is 0.627. The normalized spacial score (nSPS) is 9.78. The van der Waals surface area contributed by atoms with Crippen LogP contribution in [0.4, 0.5) is 10.1 Å². The largest absolute Gasteiger partial charge is 0.216 e. The van der Waals surface area contributed by atoms with Crippen LogP contribution in [0.15, 0.2) is 54.6 Å². The van der Waals surface area contributed by atoms with Gasteiger partial charge in [0.05, 0.1) is 5.69 Å². The molecule has 0 amide bonds. The summed E-state index contributed by atoms with van der Waals surface area (Å²) in [4.78, 5) is 0. The monoisotopic (exact) mass is 241 g/mol. The van der Waals surface area contributed by atoms with Gasteiger partial charge < -0.3 is 0 Å². The Kier molecular flexibility index (Phi) is 3.90. The van der Waals surface area contributed by atoms with E-state index in [0.29, 0.717) is 12.2 Å². The minimum absolute atomic E-state index is 0.320. The number of rotatable bonds is 4. The minimum atomic E-state index is -0.320. The van der Waals surface area contributed by atoms with Crippen molar-refractivity contribution in [1.29, 1.82) is 5.26 Å². The predicted octanol–water partition coefficient (Wildman–Crippen LogP) is 2.82. The molecule has 0 aliphatic carbocycles. The fourth-order valence-electron chi connectivity index (χ4n) is 1.54. The number of nitriles is 1. The Morgan fingerprint density at radius 3 is 2.33 bits per heavy atom. The molecular formula is C14H12FN3. The summed E-state index contributed by atoms with van der Waals surface area (Å²) in [5, 5.41) is 10.4. The van der Waals surface area contributed by atoms with E-state index >= 15 is 0 Å². The third-order valence-electron chi connectivity index (χ3n) is 2.47. The van der Waals surface area contributed by atoms with E-state index in [9.17, 15) is 4.39 Å². The molecular weight excluding hydrogens is 229 g/mol. The van der Waals surface area contributed by atoms with E-state index in [1.165, 1.54) is 17.1 Å². The molecule has 0 spiro atoms. The van der Waals surface area contributed by atoms with E-state index in [4.69, 9.17) is 5.26 Å². The zero-order valence-electron chi connectivity index (χ0n) is 9.68. The highest BCUT2D eigenvalue weighted by Gasteiger charge is 2.04. The Labute approximate surface area is 105 Å². The van der Waals surface area contributed by atoms with Gasteiger partial charge >= 0.3 is 0 Å². The van der Waals surface area contributed by atoms with Gasteiger partial charge in [-0.05, 0) is 29.8 Å². The Hall–Kier alpha value is -2.38. The highest BCUT2D eigenvalue weighted by Crippen LogP contribution is 2.12. The van der Waals surface area contributed by atoms with E-state index in [1.54, 1.807) is 12.1 Å². The zero-order chi connectivity index (χ0) is 12.8. The molecule has 0 aliphatic rings. The van der Waals surface area contributed by atoms with Crippen LogP contribution in [-0.4, -0.2) is 0 Å². The lowest BCUT2D eigenvalue weighted by Crippen LogP contribution is -2.33. The predicted molar refractivity (Wildman–Crippen MR) is 67.8 cm³/mol. The molecule has 2 aromatic rings. The quantitative estimate of drug-likeness (QED) is 0.508. The van der Waals surface area contributed by atoms with E-state index in [2.05, 4.69) is 5.43 Å². The van der Waals surface area contributed by atoms with Gasteiger partial charge in [0, 0.05) is 6.54 Å². The maximum atomic E-state index is 12.8. The van der Waals surface area contributed by atoms with E-state index in [0.717, 1.165) is 5.56 Å². The number of nitrogens with one attached hydrogen (secondary N) is 1. The highest BCUT2D eigenvalue weighted by atomic mass is 19.1. The van der Waals surface area contributed by atoms with Gasteiger partial charge in [-0.2, -0.15) is 5.26 Å². The Morgan fingerprint density at radius 1 is 1.06 bits per heavy atom.